The first kappa shape index (κ1) is 22.5. The van der Waals surface area contributed by atoms with Crippen LogP contribution in [0.1, 0.15) is 12.0 Å². The Labute approximate surface area is 170 Å². The van der Waals surface area contributed by atoms with E-state index in [0.29, 0.717) is 11.4 Å². The fraction of sp³-hybridized carbons (Fsp3) is 0.318. The summed E-state index contributed by atoms with van der Waals surface area (Å²) >= 11 is 0. The molecule has 0 bridgehead atoms. The monoisotopic (exact) mass is 402 g/mol. The summed E-state index contributed by atoms with van der Waals surface area (Å²) in [4.78, 5) is 12.3. The van der Waals surface area contributed by atoms with Crippen molar-refractivity contribution in [1.82, 2.24) is 0 Å². The van der Waals surface area contributed by atoms with E-state index in [-0.39, 0.29) is 13.0 Å². The molecule has 0 aliphatic carbocycles. The summed E-state index contributed by atoms with van der Waals surface area (Å²) in [7, 11) is 1.37. The van der Waals surface area contributed by atoms with Gasteiger partial charge in [0.15, 0.2) is 0 Å². The molecule has 0 saturated carbocycles. The third-order valence-electron chi connectivity index (χ3n) is 4.36. The van der Waals surface area contributed by atoms with Crippen molar-refractivity contribution < 1.29 is 23.8 Å². The standard InChI is InChI=1S/C22H27FN2O4/c1-3-5-15-6-4-7-18(12-15)29-14-19(24)20(26)13-21(28-2)22(27)25-17-10-8-16(23)9-11-17/h3-4,6-12,19-21,26H,1,5,13-14,24H2,2H3,(H,25,27)/t19-,20-,21+/m0/s1. The molecule has 0 saturated heterocycles. The average Bonchev–Trinajstić information content (AvgIpc) is 2.72. The largest absolute Gasteiger partial charge is 0.492 e. The van der Waals surface area contributed by atoms with Gasteiger partial charge in [0, 0.05) is 19.2 Å². The number of anilines is 1. The zero-order chi connectivity index (χ0) is 21.2. The summed E-state index contributed by atoms with van der Waals surface area (Å²) in [6.45, 7) is 3.79. The van der Waals surface area contributed by atoms with E-state index in [4.69, 9.17) is 15.2 Å². The Kier molecular flexibility index (Phi) is 8.79. The van der Waals surface area contributed by atoms with Crippen LogP contribution in [-0.4, -0.2) is 43.0 Å². The number of allylic oxidation sites excluding steroid dienone is 1. The van der Waals surface area contributed by atoms with E-state index < -0.39 is 30.0 Å². The van der Waals surface area contributed by atoms with E-state index in [1.165, 1.54) is 31.4 Å². The van der Waals surface area contributed by atoms with Crippen molar-refractivity contribution in [1.29, 1.82) is 0 Å². The average molecular weight is 402 g/mol. The Morgan fingerprint density at radius 1 is 1.31 bits per heavy atom. The molecule has 0 aliphatic heterocycles. The maximum absolute atomic E-state index is 13.0. The van der Waals surface area contributed by atoms with Gasteiger partial charge in [0.1, 0.15) is 24.3 Å². The molecule has 6 nitrogen and oxygen atoms in total. The summed E-state index contributed by atoms with van der Waals surface area (Å²) in [5, 5.41) is 13.0. The second-order valence-corrected chi connectivity index (χ2v) is 6.64. The molecule has 3 atom stereocenters. The lowest BCUT2D eigenvalue weighted by atomic mass is 10.0. The number of hydrogen-bond acceptors (Lipinski definition) is 5. The van der Waals surface area contributed by atoms with Crippen LogP contribution in [0, 0.1) is 5.82 Å². The van der Waals surface area contributed by atoms with Crippen LogP contribution in [0.4, 0.5) is 10.1 Å². The molecule has 0 fully saturated rings. The minimum Gasteiger partial charge on any atom is -0.492 e. The van der Waals surface area contributed by atoms with Gasteiger partial charge in [-0.05, 0) is 48.4 Å². The highest BCUT2D eigenvalue weighted by molar-refractivity contribution is 5.94. The molecule has 2 aromatic rings. The molecule has 0 heterocycles. The van der Waals surface area contributed by atoms with Gasteiger partial charge in [0.2, 0.25) is 0 Å². The Hall–Kier alpha value is -2.74. The molecule has 2 aromatic carbocycles. The lowest BCUT2D eigenvalue weighted by Gasteiger charge is -2.23. The Morgan fingerprint density at radius 2 is 2.03 bits per heavy atom. The zero-order valence-corrected chi connectivity index (χ0v) is 16.4. The SMILES string of the molecule is C=CCc1cccc(OC[C@H](N)[C@@H](O)C[C@@H](OC)C(=O)Nc2ccc(F)cc2)c1. The predicted molar refractivity (Wildman–Crippen MR) is 110 cm³/mol. The van der Waals surface area contributed by atoms with Crippen molar-refractivity contribution in [3.63, 3.8) is 0 Å². The number of hydrogen-bond donors (Lipinski definition) is 3. The van der Waals surface area contributed by atoms with Crippen LogP contribution >= 0.6 is 0 Å². The zero-order valence-electron chi connectivity index (χ0n) is 16.4. The van der Waals surface area contributed by atoms with Gasteiger partial charge in [-0.25, -0.2) is 4.39 Å². The van der Waals surface area contributed by atoms with Gasteiger partial charge in [-0.3, -0.25) is 4.79 Å². The van der Waals surface area contributed by atoms with Crippen LogP contribution in [0.5, 0.6) is 5.75 Å². The van der Waals surface area contributed by atoms with Crippen LogP contribution in [0.25, 0.3) is 0 Å². The number of carbonyl (C=O) groups is 1. The van der Waals surface area contributed by atoms with Gasteiger partial charge < -0.3 is 25.6 Å². The van der Waals surface area contributed by atoms with Crippen LogP contribution in [0.2, 0.25) is 0 Å². The number of rotatable bonds is 11. The number of nitrogens with two attached hydrogens (primary N) is 1. The third kappa shape index (κ3) is 7.30. The number of methoxy groups -OCH3 is 1. The van der Waals surface area contributed by atoms with Gasteiger partial charge in [0.25, 0.3) is 5.91 Å². The van der Waals surface area contributed by atoms with E-state index >= 15 is 0 Å². The van der Waals surface area contributed by atoms with E-state index in [2.05, 4.69) is 11.9 Å². The molecule has 4 N–H and O–H groups in total. The summed E-state index contributed by atoms with van der Waals surface area (Å²) in [6.07, 6.45) is 0.582. The first-order valence-corrected chi connectivity index (χ1v) is 9.28. The predicted octanol–water partition coefficient (Wildman–Crippen LogP) is 2.67. The summed E-state index contributed by atoms with van der Waals surface area (Å²) in [6, 6.07) is 12.2. The third-order valence-corrected chi connectivity index (χ3v) is 4.36. The number of aliphatic hydroxyl groups excluding tert-OH is 1. The summed E-state index contributed by atoms with van der Waals surface area (Å²) in [5.41, 5.74) is 7.50. The first-order chi connectivity index (χ1) is 13.9. The Morgan fingerprint density at radius 3 is 2.69 bits per heavy atom. The molecule has 156 valence electrons. The molecule has 0 unspecified atom stereocenters. The molecule has 7 heteroatoms. The number of halogens is 1. The van der Waals surface area contributed by atoms with E-state index in [0.717, 1.165) is 12.0 Å². The van der Waals surface area contributed by atoms with Crippen LogP contribution < -0.4 is 15.8 Å². The molecule has 0 aliphatic rings. The van der Waals surface area contributed by atoms with Crippen molar-refractivity contribution in [2.75, 3.05) is 19.0 Å². The number of nitrogens with one attached hydrogen (secondary N) is 1. The van der Waals surface area contributed by atoms with Crippen LogP contribution in [-0.2, 0) is 16.0 Å². The summed E-state index contributed by atoms with van der Waals surface area (Å²) in [5.74, 6) is -0.213. The number of ether oxygens (including phenoxy) is 2. The molecule has 0 radical (unpaired) electrons. The van der Waals surface area contributed by atoms with Crippen molar-refractivity contribution in [3.05, 3.63) is 72.6 Å². The second-order valence-electron chi connectivity index (χ2n) is 6.64. The van der Waals surface area contributed by atoms with Crippen molar-refractivity contribution in [2.24, 2.45) is 5.73 Å². The van der Waals surface area contributed by atoms with Gasteiger partial charge in [-0.2, -0.15) is 0 Å². The quantitative estimate of drug-likeness (QED) is 0.503. The molecule has 29 heavy (non-hydrogen) atoms. The minimum absolute atomic E-state index is 0.00937. The van der Waals surface area contributed by atoms with Crippen LogP contribution in [0.3, 0.4) is 0 Å². The molecule has 1 amide bonds. The number of amides is 1. The van der Waals surface area contributed by atoms with Gasteiger partial charge in [0.05, 0.1) is 12.1 Å². The maximum atomic E-state index is 13.0. The molecule has 2 rings (SSSR count). The normalized spacial score (nSPS) is 13.9. The van der Waals surface area contributed by atoms with Crippen molar-refractivity contribution in [2.45, 2.75) is 31.1 Å². The van der Waals surface area contributed by atoms with E-state index in [1.807, 2.05) is 18.2 Å². The molecular formula is C22H27FN2O4. The van der Waals surface area contributed by atoms with Gasteiger partial charge in [-0.15, -0.1) is 6.58 Å². The summed E-state index contributed by atoms with van der Waals surface area (Å²) < 4.78 is 23.8. The number of benzene rings is 2. The fourth-order valence-electron chi connectivity index (χ4n) is 2.69. The second kappa shape index (κ2) is 11.3. The first-order valence-electron chi connectivity index (χ1n) is 9.28. The highest BCUT2D eigenvalue weighted by Crippen LogP contribution is 2.16. The van der Waals surface area contributed by atoms with Crippen molar-refractivity contribution >= 4 is 11.6 Å². The Bertz CT molecular complexity index is 798. The minimum atomic E-state index is -1.02. The number of aliphatic hydroxyl groups is 1. The Balaban J connectivity index is 1.86. The van der Waals surface area contributed by atoms with Crippen LogP contribution in [0.15, 0.2) is 61.2 Å². The highest BCUT2D eigenvalue weighted by Gasteiger charge is 2.26. The van der Waals surface area contributed by atoms with E-state index in [9.17, 15) is 14.3 Å². The lowest BCUT2D eigenvalue weighted by molar-refractivity contribution is -0.127. The lowest BCUT2D eigenvalue weighted by Crippen LogP contribution is -2.44. The molecule has 0 spiro atoms. The smallest absolute Gasteiger partial charge is 0.253 e. The highest BCUT2D eigenvalue weighted by atomic mass is 19.1. The topological polar surface area (TPSA) is 93.8 Å². The van der Waals surface area contributed by atoms with E-state index in [1.54, 1.807) is 12.1 Å². The number of carbonyl (C=O) groups excluding carboxylic acids is 1. The van der Waals surface area contributed by atoms with Crippen molar-refractivity contribution in [3.8, 4) is 5.75 Å². The molecular weight excluding hydrogens is 375 g/mol. The fourth-order valence-corrected chi connectivity index (χ4v) is 2.69. The van der Waals surface area contributed by atoms with Gasteiger partial charge >= 0.3 is 0 Å². The maximum Gasteiger partial charge on any atom is 0.253 e. The van der Waals surface area contributed by atoms with Gasteiger partial charge in [-0.1, -0.05) is 18.2 Å². The molecule has 0 aromatic heterocycles.